The number of nitrogens with one attached hydrogen (secondary N) is 2. The van der Waals surface area contributed by atoms with Gasteiger partial charge in [0.2, 0.25) is 5.91 Å². The first-order valence-corrected chi connectivity index (χ1v) is 15.8. The molecule has 16 heteroatoms. The predicted octanol–water partition coefficient (Wildman–Crippen LogP) is 4.99. The predicted molar refractivity (Wildman–Crippen MR) is 166 cm³/mol. The van der Waals surface area contributed by atoms with Gasteiger partial charge in [0.25, 0.3) is 0 Å². The van der Waals surface area contributed by atoms with Crippen LogP contribution in [0, 0.1) is 0 Å². The lowest BCUT2D eigenvalue weighted by atomic mass is 9.96. The minimum absolute atomic E-state index is 0.172. The van der Waals surface area contributed by atoms with Crippen LogP contribution in [0.3, 0.4) is 0 Å². The van der Waals surface area contributed by atoms with E-state index in [1.54, 1.807) is 4.90 Å². The van der Waals surface area contributed by atoms with Gasteiger partial charge < -0.3 is 36.0 Å². The molecule has 48 heavy (non-hydrogen) atoms. The zero-order valence-electron chi connectivity index (χ0n) is 26.6. The first-order chi connectivity index (χ1) is 22.5. The molecule has 3 aliphatic heterocycles. The molecule has 5 rings (SSSR count). The van der Waals surface area contributed by atoms with Crippen molar-refractivity contribution < 1.29 is 40.7 Å². The second-order valence-electron chi connectivity index (χ2n) is 12.8. The summed E-state index contributed by atoms with van der Waals surface area (Å²) in [5, 5.41) is 5.49. The molecular formula is C32H39F6N7O3. The number of likely N-dealkylation sites (tertiary alicyclic amines) is 2. The fourth-order valence-corrected chi connectivity index (χ4v) is 6.70. The zero-order chi connectivity index (χ0) is 35.0. The van der Waals surface area contributed by atoms with Gasteiger partial charge >= 0.3 is 24.4 Å². The molecule has 4 N–H and O–H groups in total. The van der Waals surface area contributed by atoms with Crippen LogP contribution < -0.4 is 16.4 Å². The Kier molecular flexibility index (Phi) is 10.0. The SMILES string of the molecule is CN(C)C1CCN(C(=O)C(Cc2cc(C(F)(F)F)c(N)c(C(F)(F)F)c2)NC(=O)N2CCC(N3Cc4ccccc4NC3=O)CC2)CC1. The average Bonchev–Trinajstić information content (AvgIpc) is 3.03. The van der Waals surface area contributed by atoms with Gasteiger partial charge in [-0.2, -0.15) is 26.3 Å². The van der Waals surface area contributed by atoms with Gasteiger partial charge in [-0.15, -0.1) is 0 Å². The van der Waals surface area contributed by atoms with Crippen molar-refractivity contribution in [3.05, 3.63) is 58.7 Å². The van der Waals surface area contributed by atoms with E-state index in [1.165, 1.54) is 9.80 Å². The zero-order valence-corrected chi connectivity index (χ0v) is 26.6. The van der Waals surface area contributed by atoms with Gasteiger partial charge in [0.1, 0.15) is 6.04 Å². The molecule has 0 aliphatic carbocycles. The summed E-state index contributed by atoms with van der Waals surface area (Å²) >= 11 is 0. The maximum atomic E-state index is 13.8. The topological polar surface area (TPSA) is 114 Å². The highest BCUT2D eigenvalue weighted by molar-refractivity contribution is 5.92. The third-order valence-electron chi connectivity index (χ3n) is 9.45. The Bertz CT molecular complexity index is 1480. The number of piperidine rings is 2. The van der Waals surface area contributed by atoms with E-state index in [1.807, 2.05) is 43.3 Å². The lowest BCUT2D eigenvalue weighted by Gasteiger charge is -2.41. The summed E-state index contributed by atoms with van der Waals surface area (Å²) in [6.07, 6.45) is -8.90. The largest absolute Gasteiger partial charge is 0.418 e. The second-order valence-corrected chi connectivity index (χ2v) is 12.8. The normalized spacial score (nSPS) is 18.9. The molecule has 2 saturated heterocycles. The van der Waals surface area contributed by atoms with Crippen LogP contribution in [0.25, 0.3) is 0 Å². The quantitative estimate of drug-likeness (QED) is 0.294. The highest BCUT2D eigenvalue weighted by Gasteiger charge is 2.42. The minimum atomic E-state index is -5.19. The van der Waals surface area contributed by atoms with Crippen LogP contribution in [-0.2, 0) is 30.1 Å². The van der Waals surface area contributed by atoms with E-state index in [4.69, 9.17) is 5.73 Å². The number of nitrogens with two attached hydrogens (primary N) is 1. The van der Waals surface area contributed by atoms with E-state index < -0.39 is 59.1 Å². The number of anilines is 2. The number of carbonyl (C=O) groups excluding carboxylic acids is 3. The molecule has 0 bridgehead atoms. The van der Waals surface area contributed by atoms with E-state index in [2.05, 4.69) is 10.6 Å². The summed E-state index contributed by atoms with van der Waals surface area (Å²) in [7, 11) is 3.81. The molecule has 2 aromatic carbocycles. The molecule has 0 radical (unpaired) electrons. The number of carbonyl (C=O) groups is 3. The molecule has 10 nitrogen and oxygen atoms in total. The highest BCUT2D eigenvalue weighted by atomic mass is 19.4. The smallest absolute Gasteiger partial charge is 0.398 e. The van der Waals surface area contributed by atoms with E-state index in [0.717, 1.165) is 11.3 Å². The number of benzene rings is 2. The Morgan fingerprint density at radius 1 is 0.938 bits per heavy atom. The van der Waals surface area contributed by atoms with Gasteiger partial charge in [-0.1, -0.05) is 18.2 Å². The minimum Gasteiger partial charge on any atom is -0.398 e. The van der Waals surface area contributed by atoms with Gasteiger partial charge in [0, 0.05) is 56.9 Å². The first kappa shape index (κ1) is 35.1. The summed E-state index contributed by atoms with van der Waals surface area (Å²) in [6, 6.07) is 6.10. The van der Waals surface area contributed by atoms with Crippen molar-refractivity contribution in [3.63, 3.8) is 0 Å². The maximum Gasteiger partial charge on any atom is 0.418 e. The van der Waals surface area contributed by atoms with Crippen molar-refractivity contribution in [1.29, 1.82) is 0 Å². The van der Waals surface area contributed by atoms with E-state index >= 15 is 0 Å². The molecule has 5 amide bonds. The monoisotopic (exact) mass is 683 g/mol. The number of nitrogen functional groups attached to an aromatic ring is 1. The second kappa shape index (κ2) is 13.7. The molecule has 1 unspecified atom stereocenters. The fourth-order valence-electron chi connectivity index (χ4n) is 6.70. The maximum absolute atomic E-state index is 13.8. The van der Waals surface area contributed by atoms with Gasteiger partial charge in [0.05, 0.1) is 16.8 Å². The molecular weight excluding hydrogens is 644 g/mol. The van der Waals surface area contributed by atoms with Crippen molar-refractivity contribution in [2.24, 2.45) is 0 Å². The van der Waals surface area contributed by atoms with Crippen LogP contribution in [0.1, 0.15) is 47.9 Å². The number of alkyl halides is 6. The molecule has 3 aliphatic rings. The molecule has 1 atom stereocenters. The van der Waals surface area contributed by atoms with Gasteiger partial charge in [0.15, 0.2) is 0 Å². The fraction of sp³-hybridized carbons (Fsp3) is 0.531. The van der Waals surface area contributed by atoms with Gasteiger partial charge in [-0.05, 0) is 69.1 Å². The van der Waals surface area contributed by atoms with Crippen molar-refractivity contribution in [3.8, 4) is 0 Å². The Morgan fingerprint density at radius 3 is 2.06 bits per heavy atom. The molecule has 2 aromatic rings. The lowest BCUT2D eigenvalue weighted by Crippen LogP contribution is -2.57. The number of hydrogen-bond donors (Lipinski definition) is 3. The van der Waals surface area contributed by atoms with Crippen LogP contribution in [-0.4, -0.2) is 96.0 Å². The van der Waals surface area contributed by atoms with Crippen molar-refractivity contribution in [2.75, 3.05) is 51.3 Å². The Morgan fingerprint density at radius 2 is 1.50 bits per heavy atom. The lowest BCUT2D eigenvalue weighted by molar-refractivity contribution is -0.141. The summed E-state index contributed by atoms with van der Waals surface area (Å²) < 4.78 is 82.6. The molecule has 3 heterocycles. The van der Waals surface area contributed by atoms with Crippen LogP contribution in [0.2, 0.25) is 0 Å². The van der Waals surface area contributed by atoms with Crippen LogP contribution in [0.4, 0.5) is 47.3 Å². The van der Waals surface area contributed by atoms with Gasteiger partial charge in [-0.3, -0.25) is 4.79 Å². The number of urea groups is 2. The number of halogens is 6. The van der Waals surface area contributed by atoms with Crippen LogP contribution in [0.15, 0.2) is 36.4 Å². The number of amides is 5. The molecule has 0 saturated carbocycles. The van der Waals surface area contributed by atoms with E-state index in [9.17, 15) is 40.7 Å². The Hall–Kier alpha value is -4.21. The van der Waals surface area contributed by atoms with E-state index in [-0.39, 0.29) is 31.2 Å². The number of fused-ring (bicyclic) bond motifs is 1. The molecule has 0 spiro atoms. The van der Waals surface area contributed by atoms with Crippen LogP contribution in [0.5, 0.6) is 0 Å². The van der Waals surface area contributed by atoms with Crippen molar-refractivity contribution in [1.82, 2.24) is 24.9 Å². The number of rotatable bonds is 6. The third kappa shape index (κ3) is 7.74. The standard InChI is InChI=1S/C32H39F6N7O3/c1-42(2)21-7-11-43(12-8-21)28(46)26(17-19-15-23(31(33,34)35)27(39)24(16-19)32(36,37)38)41-29(47)44-13-9-22(10-14-44)45-18-20-5-3-4-6-25(20)40-30(45)48/h3-6,15-16,21-22,26H,7-14,17-18,39H2,1-2H3,(H,40,48)(H,41,47). The molecule has 0 aromatic heterocycles. The summed E-state index contributed by atoms with van der Waals surface area (Å²) in [6.45, 7) is 1.46. The molecule has 2 fully saturated rings. The Balaban J connectivity index is 1.33. The van der Waals surface area contributed by atoms with Gasteiger partial charge in [-0.25, -0.2) is 9.59 Å². The van der Waals surface area contributed by atoms with Crippen LogP contribution >= 0.6 is 0 Å². The number of hydrogen-bond acceptors (Lipinski definition) is 5. The Labute approximate surface area is 274 Å². The van der Waals surface area contributed by atoms with E-state index in [0.29, 0.717) is 57.5 Å². The average molecular weight is 684 g/mol. The van der Waals surface area contributed by atoms with Crippen molar-refractivity contribution in [2.45, 2.75) is 69.1 Å². The first-order valence-electron chi connectivity index (χ1n) is 15.8. The summed E-state index contributed by atoms with van der Waals surface area (Å²) in [4.78, 5) is 46.7. The third-order valence-corrected chi connectivity index (χ3v) is 9.45. The molecule has 262 valence electrons. The highest BCUT2D eigenvalue weighted by Crippen LogP contribution is 2.42. The summed E-state index contributed by atoms with van der Waals surface area (Å²) in [5.41, 5.74) is 1.79. The van der Waals surface area contributed by atoms with Crippen molar-refractivity contribution >= 4 is 29.3 Å². The number of para-hydroxylation sites is 1. The number of nitrogens with zero attached hydrogens (tertiary/aromatic N) is 4. The summed E-state index contributed by atoms with van der Waals surface area (Å²) in [5.74, 6) is -0.599.